The third kappa shape index (κ3) is 3.21. The van der Waals surface area contributed by atoms with Crippen molar-refractivity contribution >= 4 is 22.4 Å². The number of hydrogen-bond donors (Lipinski definition) is 1. The normalized spacial score (nSPS) is 12.7. The van der Waals surface area contributed by atoms with E-state index in [9.17, 15) is 9.18 Å². The third-order valence-electron chi connectivity index (χ3n) is 5.33. The van der Waals surface area contributed by atoms with Crippen LogP contribution in [0, 0.1) is 12.7 Å². The van der Waals surface area contributed by atoms with Crippen LogP contribution < -0.4 is 5.32 Å². The predicted octanol–water partition coefficient (Wildman–Crippen LogP) is 5.65. The van der Waals surface area contributed by atoms with Gasteiger partial charge >= 0.3 is 0 Å². The second kappa shape index (κ2) is 7.50. The molecule has 30 heavy (non-hydrogen) atoms. The zero-order chi connectivity index (χ0) is 20.7. The molecule has 0 radical (unpaired) electrons. The molecule has 0 bridgehead atoms. The fourth-order valence-corrected chi connectivity index (χ4v) is 5.00. The number of thiazole rings is 1. The SMILES string of the molecule is Cc1cccc(F)c1C(=O)Nc1nc2c(s1)-c1cccc(-c3cnco3)c1CCC2. The highest BCUT2D eigenvalue weighted by Crippen LogP contribution is 2.42. The van der Waals surface area contributed by atoms with Gasteiger partial charge < -0.3 is 4.42 Å². The molecule has 1 amide bonds. The molecule has 0 unspecified atom stereocenters. The molecule has 0 spiro atoms. The molecule has 0 atom stereocenters. The van der Waals surface area contributed by atoms with Gasteiger partial charge in [0.2, 0.25) is 0 Å². The highest BCUT2D eigenvalue weighted by molar-refractivity contribution is 7.19. The summed E-state index contributed by atoms with van der Waals surface area (Å²) < 4.78 is 19.7. The summed E-state index contributed by atoms with van der Waals surface area (Å²) in [5.41, 5.74) is 4.91. The summed E-state index contributed by atoms with van der Waals surface area (Å²) in [5, 5.41) is 3.27. The first-order valence-corrected chi connectivity index (χ1v) is 10.5. The third-order valence-corrected chi connectivity index (χ3v) is 6.37. The molecule has 150 valence electrons. The lowest BCUT2D eigenvalue weighted by Gasteiger charge is -2.10. The Morgan fingerprint density at radius 3 is 2.80 bits per heavy atom. The van der Waals surface area contributed by atoms with Gasteiger partial charge in [0.1, 0.15) is 5.82 Å². The van der Waals surface area contributed by atoms with E-state index in [-0.39, 0.29) is 5.56 Å². The van der Waals surface area contributed by atoms with Crippen LogP contribution in [0.25, 0.3) is 21.8 Å². The maximum absolute atomic E-state index is 14.2. The fraction of sp³-hybridized carbons (Fsp3) is 0.174. The van der Waals surface area contributed by atoms with Crippen LogP contribution in [0.1, 0.15) is 33.6 Å². The highest BCUT2D eigenvalue weighted by Gasteiger charge is 2.24. The zero-order valence-corrected chi connectivity index (χ0v) is 17.1. The zero-order valence-electron chi connectivity index (χ0n) is 16.2. The van der Waals surface area contributed by atoms with E-state index in [0.29, 0.717) is 10.7 Å². The molecule has 1 aliphatic carbocycles. The Morgan fingerprint density at radius 1 is 1.17 bits per heavy atom. The minimum Gasteiger partial charge on any atom is -0.444 e. The van der Waals surface area contributed by atoms with Gasteiger partial charge in [0.25, 0.3) is 5.91 Å². The van der Waals surface area contributed by atoms with Crippen molar-refractivity contribution in [1.29, 1.82) is 0 Å². The molecule has 2 heterocycles. The highest BCUT2D eigenvalue weighted by atomic mass is 32.1. The van der Waals surface area contributed by atoms with E-state index in [1.807, 2.05) is 12.1 Å². The number of rotatable bonds is 3. The molecule has 2 aromatic heterocycles. The Kier molecular flexibility index (Phi) is 4.67. The number of hydrogen-bond acceptors (Lipinski definition) is 5. The molecule has 2 aromatic carbocycles. The van der Waals surface area contributed by atoms with Gasteiger partial charge in [0, 0.05) is 5.56 Å². The summed E-state index contributed by atoms with van der Waals surface area (Å²) in [6, 6.07) is 10.7. The van der Waals surface area contributed by atoms with Crippen LogP contribution in [0.2, 0.25) is 0 Å². The summed E-state index contributed by atoms with van der Waals surface area (Å²) in [5.74, 6) is -0.277. The average Bonchev–Trinajstić information content (AvgIpc) is 3.35. The number of nitrogens with zero attached hydrogens (tertiary/aromatic N) is 2. The number of anilines is 1. The van der Waals surface area contributed by atoms with Gasteiger partial charge in [-0.2, -0.15) is 0 Å². The molecule has 5 nitrogen and oxygen atoms in total. The lowest BCUT2D eigenvalue weighted by Crippen LogP contribution is -2.15. The standard InChI is InChI=1S/C23H18FN3O2S/c1-13-5-2-9-17(24)20(13)22(28)27-23-26-18-10-4-6-14-15(19-11-25-12-29-19)7-3-8-16(14)21(18)30-23/h2-3,5,7-9,11-12H,4,6,10H2,1H3,(H,26,27,28). The van der Waals surface area contributed by atoms with Crippen LogP contribution in [-0.4, -0.2) is 15.9 Å². The first-order chi connectivity index (χ1) is 14.6. The Labute approximate surface area is 176 Å². The average molecular weight is 419 g/mol. The maximum Gasteiger partial charge on any atom is 0.260 e. The topological polar surface area (TPSA) is 68.0 Å². The Morgan fingerprint density at radius 2 is 2.00 bits per heavy atom. The van der Waals surface area contributed by atoms with Crippen LogP contribution in [0.3, 0.4) is 0 Å². The molecule has 5 rings (SSSR count). The number of amides is 1. The summed E-state index contributed by atoms with van der Waals surface area (Å²) in [6.07, 6.45) is 5.81. The number of aryl methyl sites for hydroxylation is 2. The number of carbonyl (C=O) groups excluding carboxylic acids is 1. The van der Waals surface area contributed by atoms with E-state index in [1.54, 1.807) is 25.3 Å². The quantitative estimate of drug-likeness (QED) is 0.466. The Hall–Kier alpha value is -3.32. The number of fused-ring (bicyclic) bond motifs is 3. The molecule has 7 heteroatoms. The monoisotopic (exact) mass is 419 g/mol. The number of aromatic nitrogens is 2. The van der Waals surface area contributed by atoms with Gasteiger partial charge in [-0.05, 0) is 48.9 Å². The van der Waals surface area contributed by atoms with E-state index in [1.165, 1.54) is 29.4 Å². The van der Waals surface area contributed by atoms with E-state index < -0.39 is 11.7 Å². The molecular weight excluding hydrogens is 401 g/mol. The molecule has 0 fully saturated rings. The van der Waals surface area contributed by atoms with Gasteiger partial charge in [-0.1, -0.05) is 41.7 Å². The van der Waals surface area contributed by atoms with E-state index in [0.717, 1.165) is 46.7 Å². The van der Waals surface area contributed by atoms with Crippen molar-refractivity contribution in [2.24, 2.45) is 0 Å². The van der Waals surface area contributed by atoms with Crippen molar-refractivity contribution in [1.82, 2.24) is 9.97 Å². The van der Waals surface area contributed by atoms with Gasteiger partial charge in [-0.25, -0.2) is 14.4 Å². The van der Waals surface area contributed by atoms with Crippen molar-refractivity contribution in [3.63, 3.8) is 0 Å². The summed E-state index contributed by atoms with van der Waals surface area (Å²) in [7, 11) is 0. The van der Waals surface area contributed by atoms with Gasteiger partial charge in [-0.3, -0.25) is 10.1 Å². The minimum atomic E-state index is -0.535. The van der Waals surface area contributed by atoms with Gasteiger partial charge in [0.15, 0.2) is 17.3 Å². The van der Waals surface area contributed by atoms with Crippen molar-refractivity contribution < 1.29 is 13.6 Å². The number of benzene rings is 2. The molecule has 1 N–H and O–H groups in total. The van der Waals surface area contributed by atoms with Crippen molar-refractivity contribution in [3.05, 3.63) is 77.2 Å². The Balaban J connectivity index is 1.53. The molecule has 1 aliphatic rings. The molecular formula is C23H18FN3O2S. The second-order valence-corrected chi connectivity index (χ2v) is 8.23. The van der Waals surface area contributed by atoms with Crippen LogP contribution in [0.5, 0.6) is 0 Å². The van der Waals surface area contributed by atoms with Crippen LogP contribution in [0.4, 0.5) is 9.52 Å². The van der Waals surface area contributed by atoms with Crippen molar-refractivity contribution in [2.45, 2.75) is 26.2 Å². The number of oxazole rings is 1. The van der Waals surface area contributed by atoms with Crippen LogP contribution in [-0.2, 0) is 12.8 Å². The van der Waals surface area contributed by atoms with Gasteiger partial charge in [0.05, 0.1) is 22.3 Å². The van der Waals surface area contributed by atoms with Gasteiger partial charge in [-0.15, -0.1) is 0 Å². The van der Waals surface area contributed by atoms with E-state index in [2.05, 4.69) is 21.4 Å². The number of carbonyl (C=O) groups is 1. The maximum atomic E-state index is 14.2. The first kappa shape index (κ1) is 18.7. The van der Waals surface area contributed by atoms with Crippen LogP contribution >= 0.6 is 11.3 Å². The minimum absolute atomic E-state index is 0.0518. The van der Waals surface area contributed by atoms with Crippen LogP contribution in [0.15, 0.2) is 53.4 Å². The number of nitrogens with one attached hydrogen (secondary N) is 1. The summed E-state index contributed by atoms with van der Waals surface area (Å²) >= 11 is 1.42. The lowest BCUT2D eigenvalue weighted by molar-refractivity contribution is 0.102. The van der Waals surface area contributed by atoms with Crippen molar-refractivity contribution in [3.8, 4) is 21.8 Å². The van der Waals surface area contributed by atoms with E-state index >= 15 is 0 Å². The molecule has 4 aromatic rings. The molecule has 0 aliphatic heterocycles. The molecule has 0 saturated carbocycles. The van der Waals surface area contributed by atoms with Crippen molar-refractivity contribution in [2.75, 3.05) is 5.32 Å². The smallest absolute Gasteiger partial charge is 0.260 e. The fourth-order valence-electron chi connectivity index (χ4n) is 3.95. The molecule has 0 saturated heterocycles. The summed E-state index contributed by atoms with van der Waals surface area (Å²) in [6.45, 7) is 1.72. The van der Waals surface area contributed by atoms with E-state index in [4.69, 9.17) is 4.42 Å². The number of halogens is 1. The Bertz CT molecular complexity index is 1230. The second-order valence-electron chi connectivity index (χ2n) is 7.23. The first-order valence-electron chi connectivity index (χ1n) is 9.69. The predicted molar refractivity (Wildman–Crippen MR) is 114 cm³/mol. The largest absolute Gasteiger partial charge is 0.444 e. The summed E-state index contributed by atoms with van der Waals surface area (Å²) in [4.78, 5) is 22.4. The lowest BCUT2D eigenvalue weighted by atomic mass is 9.96.